The van der Waals surface area contributed by atoms with Crippen LogP contribution in [-0.4, -0.2) is 29.5 Å². The van der Waals surface area contributed by atoms with Crippen LogP contribution < -0.4 is 14.8 Å². The fourth-order valence-corrected chi connectivity index (χ4v) is 3.49. The molecule has 0 saturated carbocycles. The van der Waals surface area contributed by atoms with E-state index in [2.05, 4.69) is 5.32 Å². The molecule has 0 fully saturated rings. The number of rotatable bonds is 7. The first kappa shape index (κ1) is 20.4. The van der Waals surface area contributed by atoms with E-state index in [4.69, 9.17) is 14.5 Å². The molecule has 0 unspecified atom stereocenters. The fourth-order valence-electron chi connectivity index (χ4n) is 3.49. The highest BCUT2D eigenvalue weighted by Crippen LogP contribution is 2.30. The molecule has 7 heteroatoms. The molecule has 2 aromatic carbocycles. The van der Waals surface area contributed by atoms with Gasteiger partial charge in [-0.15, -0.1) is 0 Å². The van der Waals surface area contributed by atoms with Gasteiger partial charge >= 0.3 is 0 Å². The number of imidazole rings is 1. The Bertz CT molecular complexity index is 1220. The molecule has 2 heterocycles. The van der Waals surface area contributed by atoms with Crippen molar-refractivity contribution in [1.82, 2.24) is 9.38 Å². The van der Waals surface area contributed by atoms with Gasteiger partial charge in [0.1, 0.15) is 11.5 Å². The van der Waals surface area contributed by atoms with Crippen molar-refractivity contribution in [3.8, 4) is 22.8 Å². The van der Waals surface area contributed by atoms with Gasteiger partial charge in [0.15, 0.2) is 11.5 Å². The van der Waals surface area contributed by atoms with Crippen molar-refractivity contribution in [2.75, 3.05) is 19.5 Å². The summed E-state index contributed by atoms with van der Waals surface area (Å²) in [5, 5.41) is 2.89. The van der Waals surface area contributed by atoms with Crippen molar-refractivity contribution in [3.05, 3.63) is 78.4 Å². The molecule has 1 N–H and O–H groups in total. The van der Waals surface area contributed by atoms with Crippen molar-refractivity contribution in [2.24, 2.45) is 0 Å². The zero-order chi connectivity index (χ0) is 21.8. The van der Waals surface area contributed by atoms with Crippen LogP contribution in [0, 0.1) is 5.82 Å². The van der Waals surface area contributed by atoms with Gasteiger partial charge in [-0.25, -0.2) is 9.37 Å². The number of methoxy groups -OCH3 is 2. The fraction of sp³-hybridized carbons (Fsp3) is 0.167. The number of nitrogens with zero attached hydrogens (tertiary/aromatic N) is 2. The Morgan fingerprint density at radius 1 is 1.03 bits per heavy atom. The smallest absolute Gasteiger partial charge is 0.224 e. The van der Waals surface area contributed by atoms with Crippen LogP contribution in [-0.2, 0) is 11.2 Å². The quantitative estimate of drug-likeness (QED) is 0.470. The maximum atomic E-state index is 13.4. The van der Waals surface area contributed by atoms with Gasteiger partial charge in [0.2, 0.25) is 5.91 Å². The van der Waals surface area contributed by atoms with E-state index < -0.39 is 0 Å². The molecule has 0 spiro atoms. The van der Waals surface area contributed by atoms with E-state index in [0.717, 1.165) is 22.6 Å². The number of hydrogen-bond acceptors (Lipinski definition) is 4. The summed E-state index contributed by atoms with van der Waals surface area (Å²) in [4.78, 5) is 17.3. The SMILES string of the molecule is COc1ccc(NC(=O)CCc2c(-c3ccc(F)cc3)nc3ccccn23)cc1OC. The molecule has 0 aliphatic heterocycles. The summed E-state index contributed by atoms with van der Waals surface area (Å²) in [6, 6.07) is 17.2. The molecule has 0 aliphatic rings. The second kappa shape index (κ2) is 8.87. The molecule has 31 heavy (non-hydrogen) atoms. The van der Waals surface area contributed by atoms with Gasteiger partial charge in [0.25, 0.3) is 0 Å². The third-order valence-electron chi connectivity index (χ3n) is 5.00. The van der Waals surface area contributed by atoms with E-state index in [-0.39, 0.29) is 18.1 Å². The number of pyridine rings is 1. The van der Waals surface area contributed by atoms with Crippen molar-refractivity contribution in [3.63, 3.8) is 0 Å². The van der Waals surface area contributed by atoms with Gasteiger partial charge in [0.05, 0.1) is 25.6 Å². The molecule has 2 aromatic heterocycles. The van der Waals surface area contributed by atoms with Crippen LogP contribution in [0.5, 0.6) is 11.5 Å². The van der Waals surface area contributed by atoms with E-state index in [9.17, 15) is 9.18 Å². The first-order valence-corrected chi connectivity index (χ1v) is 9.83. The second-order valence-corrected chi connectivity index (χ2v) is 6.96. The summed E-state index contributed by atoms with van der Waals surface area (Å²) in [6.45, 7) is 0. The lowest BCUT2D eigenvalue weighted by molar-refractivity contribution is -0.116. The second-order valence-electron chi connectivity index (χ2n) is 6.96. The minimum absolute atomic E-state index is 0.136. The van der Waals surface area contributed by atoms with Crippen LogP contribution in [0.2, 0.25) is 0 Å². The molecule has 0 atom stereocenters. The lowest BCUT2D eigenvalue weighted by Gasteiger charge is -2.11. The molecule has 0 saturated heterocycles. The first-order chi connectivity index (χ1) is 15.1. The Kier molecular flexibility index (Phi) is 5.84. The average molecular weight is 419 g/mol. The molecule has 1 amide bonds. The number of carbonyl (C=O) groups excluding carboxylic acids is 1. The van der Waals surface area contributed by atoms with Crippen LogP contribution in [0.25, 0.3) is 16.9 Å². The number of amides is 1. The Morgan fingerprint density at radius 2 is 1.81 bits per heavy atom. The third kappa shape index (κ3) is 4.35. The molecular formula is C24H22FN3O3. The summed E-state index contributed by atoms with van der Waals surface area (Å²) in [7, 11) is 3.11. The van der Waals surface area contributed by atoms with Crippen molar-refractivity contribution < 1.29 is 18.7 Å². The van der Waals surface area contributed by atoms with E-state index in [0.29, 0.717) is 23.6 Å². The number of halogens is 1. The topological polar surface area (TPSA) is 64.9 Å². The third-order valence-corrected chi connectivity index (χ3v) is 5.00. The molecule has 4 aromatic rings. The molecule has 0 radical (unpaired) electrons. The first-order valence-electron chi connectivity index (χ1n) is 9.83. The number of hydrogen-bond donors (Lipinski definition) is 1. The van der Waals surface area contributed by atoms with E-state index in [1.165, 1.54) is 12.1 Å². The lowest BCUT2D eigenvalue weighted by Crippen LogP contribution is -2.13. The Labute approximate surface area is 179 Å². The van der Waals surface area contributed by atoms with Gasteiger partial charge in [-0.1, -0.05) is 6.07 Å². The number of carbonyl (C=O) groups is 1. The molecular weight excluding hydrogens is 397 g/mol. The lowest BCUT2D eigenvalue weighted by atomic mass is 10.1. The van der Waals surface area contributed by atoms with E-state index in [1.807, 2.05) is 28.8 Å². The predicted octanol–water partition coefficient (Wildman–Crippen LogP) is 4.73. The van der Waals surface area contributed by atoms with Gasteiger partial charge < -0.3 is 19.2 Å². The Balaban J connectivity index is 1.55. The number of ether oxygens (including phenoxy) is 2. The van der Waals surface area contributed by atoms with Gasteiger partial charge in [-0.2, -0.15) is 0 Å². The zero-order valence-electron chi connectivity index (χ0n) is 17.3. The summed E-state index contributed by atoms with van der Waals surface area (Å²) in [5.74, 6) is 0.697. The number of aromatic nitrogens is 2. The number of benzene rings is 2. The molecule has 0 bridgehead atoms. The largest absolute Gasteiger partial charge is 0.493 e. The highest BCUT2D eigenvalue weighted by molar-refractivity contribution is 5.91. The monoisotopic (exact) mass is 419 g/mol. The Morgan fingerprint density at radius 3 is 2.55 bits per heavy atom. The number of anilines is 1. The number of fused-ring (bicyclic) bond motifs is 1. The highest BCUT2D eigenvalue weighted by Gasteiger charge is 2.16. The van der Waals surface area contributed by atoms with Crippen LogP contribution in [0.4, 0.5) is 10.1 Å². The standard InChI is InChI=1S/C24H22FN3O3/c1-30-20-12-10-18(15-21(20)31-2)26-23(29)13-11-19-24(16-6-8-17(25)9-7-16)27-22-5-3-4-14-28(19)22/h3-10,12,14-15H,11,13H2,1-2H3,(H,26,29). The summed E-state index contributed by atoms with van der Waals surface area (Å²) in [5.41, 5.74) is 3.84. The normalized spacial score (nSPS) is 10.8. The van der Waals surface area contributed by atoms with Crippen LogP contribution in [0.3, 0.4) is 0 Å². The molecule has 158 valence electrons. The minimum Gasteiger partial charge on any atom is -0.493 e. The zero-order valence-corrected chi connectivity index (χ0v) is 17.3. The van der Waals surface area contributed by atoms with Crippen LogP contribution >= 0.6 is 0 Å². The van der Waals surface area contributed by atoms with Crippen molar-refractivity contribution >= 4 is 17.2 Å². The number of aryl methyl sites for hydroxylation is 1. The summed E-state index contributed by atoms with van der Waals surface area (Å²) in [6.07, 6.45) is 2.64. The van der Waals surface area contributed by atoms with Crippen molar-refractivity contribution in [2.45, 2.75) is 12.8 Å². The summed E-state index contributed by atoms with van der Waals surface area (Å²) >= 11 is 0. The van der Waals surface area contributed by atoms with Crippen molar-refractivity contribution in [1.29, 1.82) is 0 Å². The summed E-state index contributed by atoms with van der Waals surface area (Å²) < 4.78 is 25.8. The molecule has 0 aliphatic carbocycles. The average Bonchev–Trinajstić information content (AvgIpc) is 3.16. The minimum atomic E-state index is -0.302. The molecule has 6 nitrogen and oxygen atoms in total. The maximum absolute atomic E-state index is 13.4. The highest BCUT2D eigenvalue weighted by atomic mass is 19.1. The Hall–Kier alpha value is -3.87. The van der Waals surface area contributed by atoms with E-state index >= 15 is 0 Å². The molecule has 4 rings (SSSR count). The number of nitrogens with one attached hydrogen (secondary N) is 1. The van der Waals surface area contributed by atoms with Crippen LogP contribution in [0.1, 0.15) is 12.1 Å². The van der Waals surface area contributed by atoms with E-state index in [1.54, 1.807) is 44.6 Å². The van der Waals surface area contributed by atoms with Gasteiger partial charge in [0, 0.05) is 29.9 Å². The van der Waals surface area contributed by atoms with Crippen LogP contribution in [0.15, 0.2) is 66.9 Å². The van der Waals surface area contributed by atoms with Gasteiger partial charge in [-0.05, 0) is 55.0 Å². The van der Waals surface area contributed by atoms with Gasteiger partial charge in [-0.3, -0.25) is 4.79 Å². The predicted molar refractivity (Wildman–Crippen MR) is 117 cm³/mol. The maximum Gasteiger partial charge on any atom is 0.224 e.